The van der Waals surface area contributed by atoms with Gasteiger partial charge in [0.25, 0.3) is 5.91 Å². The zero-order chi connectivity index (χ0) is 19.8. The molecule has 6 nitrogen and oxygen atoms in total. The van der Waals surface area contributed by atoms with E-state index in [2.05, 4.69) is 31.7 Å². The zero-order valence-corrected chi connectivity index (χ0v) is 16.5. The van der Waals surface area contributed by atoms with Crippen molar-refractivity contribution in [2.24, 2.45) is 0 Å². The predicted octanol–water partition coefficient (Wildman–Crippen LogP) is 4.28. The van der Waals surface area contributed by atoms with E-state index in [0.29, 0.717) is 17.2 Å². The molecule has 0 bridgehead atoms. The van der Waals surface area contributed by atoms with Crippen LogP contribution in [0.2, 0.25) is 0 Å². The lowest BCUT2D eigenvalue weighted by molar-refractivity contribution is -0.123. The first-order chi connectivity index (χ1) is 13.4. The van der Waals surface area contributed by atoms with Gasteiger partial charge in [0.05, 0.1) is 12.1 Å². The predicted molar refractivity (Wildman–Crippen MR) is 107 cm³/mol. The summed E-state index contributed by atoms with van der Waals surface area (Å²) in [5, 5.41) is 10.0. The molecule has 2 heterocycles. The first-order valence-electron chi connectivity index (χ1n) is 8.63. The van der Waals surface area contributed by atoms with E-state index in [1.54, 1.807) is 24.3 Å². The molecule has 4 rings (SSSR count). The van der Waals surface area contributed by atoms with Crippen LogP contribution < -0.4 is 10.6 Å². The highest BCUT2D eigenvalue weighted by Crippen LogP contribution is 2.38. The Bertz CT molecular complexity index is 1060. The molecule has 0 saturated carbocycles. The molecule has 1 aromatic heterocycles. The van der Waals surface area contributed by atoms with E-state index in [-0.39, 0.29) is 24.1 Å². The molecular weight excluding hydrogens is 427 g/mol. The minimum atomic E-state index is -0.738. The zero-order valence-electron chi connectivity index (χ0n) is 14.9. The second kappa shape index (κ2) is 7.20. The van der Waals surface area contributed by atoms with Crippen molar-refractivity contribution in [3.8, 4) is 11.1 Å². The van der Waals surface area contributed by atoms with Gasteiger partial charge in [-0.05, 0) is 48.9 Å². The number of hydrogen-bond donors (Lipinski definition) is 2. The lowest BCUT2D eigenvalue weighted by Gasteiger charge is -2.10. The van der Waals surface area contributed by atoms with E-state index < -0.39 is 6.04 Å². The molecule has 3 aromatic rings. The number of carbonyl (C=O) groups excluding carboxylic acids is 2. The van der Waals surface area contributed by atoms with Crippen molar-refractivity contribution in [2.75, 3.05) is 10.6 Å². The first kappa shape index (κ1) is 18.4. The molecule has 1 atom stereocenters. The first-order valence-corrected chi connectivity index (χ1v) is 9.43. The minimum absolute atomic E-state index is 0.0428. The van der Waals surface area contributed by atoms with Crippen molar-refractivity contribution < 1.29 is 14.0 Å². The summed E-state index contributed by atoms with van der Waals surface area (Å²) >= 11 is 3.34. The summed E-state index contributed by atoms with van der Waals surface area (Å²) in [6, 6.07) is 12.4. The molecule has 2 amide bonds. The lowest BCUT2D eigenvalue weighted by Crippen LogP contribution is -2.23. The second-order valence-electron chi connectivity index (χ2n) is 6.52. The summed E-state index contributed by atoms with van der Waals surface area (Å²) in [5.41, 5.74) is 2.82. The average molecular weight is 443 g/mol. The van der Waals surface area contributed by atoms with Gasteiger partial charge in [-0.2, -0.15) is 5.10 Å². The van der Waals surface area contributed by atoms with E-state index in [1.165, 1.54) is 16.8 Å². The fraction of sp³-hybridized carbons (Fsp3) is 0.150. The molecule has 0 saturated heterocycles. The molecule has 0 radical (unpaired) electrons. The summed E-state index contributed by atoms with van der Waals surface area (Å²) in [6.07, 6.45) is -0.0428. The maximum absolute atomic E-state index is 13.2. The van der Waals surface area contributed by atoms with Crippen LogP contribution in [0.5, 0.6) is 0 Å². The van der Waals surface area contributed by atoms with Gasteiger partial charge in [-0.25, -0.2) is 9.07 Å². The van der Waals surface area contributed by atoms with E-state index in [0.717, 1.165) is 15.6 Å². The van der Waals surface area contributed by atoms with Crippen LogP contribution in [-0.4, -0.2) is 21.6 Å². The molecule has 0 aliphatic carbocycles. The Morgan fingerprint density at radius 1 is 1.21 bits per heavy atom. The van der Waals surface area contributed by atoms with Crippen LogP contribution in [0.25, 0.3) is 11.1 Å². The van der Waals surface area contributed by atoms with Crippen molar-refractivity contribution in [1.29, 1.82) is 0 Å². The van der Waals surface area contributed by atoms with Gasteiger partial charge in [0.1, 0.15) is 17.7 Å². The molecule has 28 heavy (non-hydrogen) atoms. The molecule has 2 aromatic carbocycles. The van der Waals surface area contributed by atoms with Crippen LogP contribution in [0.15, 0.2) is 53.0 Å². The molecular formula is C20H16BrFN4O2. The highest BCUT2D eigenvalue weighted by Gasteiger charge is 2.36. The van der Waals surface area contributed by atoms with Gasteiger partial charge in [-0.3, -0.25) is 9.59 Å². The van der Waals surface area contributed by atoms with Crippen molar-refractivity contribution in [3.63, 3.8) is 0 Å². The topological polar surface area (TPSA) is 76.0 Å². The number of benzene rings is 2. The van der Waals surface area contributed by atoms with Crippen LogP contribution in [0.1, 0.15) is 18.2 Å². The Balaban J connectivity index is 1.57. The number of anilines is 2. The third-order valence-corrected chi connectivity index (χ3v) is 5.09. The number of aryl methyl sites for hydroxylation is 1. The molecule has 1 unspecified atom stereocenters. The summed E-state index contributed by atoms with van der Waals surface area (Å²) < 4.78 is 15.7. The molecule has 142 valence electrons. The fourth-order valence-corrected chi connectivity index (χ4v) is 3.53. The van der Waals surface area contributed by atoms with E-state index in [9.17, 15) is 14.0 Å². The molecule has 1 aliphatic rings. The average Bonchev–Trinajstić information content (AvgIpc) is 3.12. The summed E-state index contributed by atoms with van der Waals surface area (Å²) in [7, 11) is 0. The number of halogens is 2. The summed E-state index contributed by atoms with van der Waals surface area (Å²) in [5.74, 6) is -0.393. The molecule has 0 spiro atoms. The highest BCUT2D eigenvalue weighted by atomic mass is 79.9. The number of hydrogen-bond acceptors (Lipinski definition) is 3. The van der Waals surface area contributed by atoms with Gasteiger partial charge in [0.2, 0.25) is 5.91 Å². The minimum Gasteiger partial charge on any atom is -0.326 e. The maximum Gasteiger partial charge on any atom is 0.251 e. The largest absolute Gasteiger partial charge is 0.326 e. The number of nitrogens with zero attached hydrogens (tertiary/aromatic N) is 2. The third kappa shape index (κ3) is 3.43. The van der Waals surface area contributed by atoms with Crippen LogP contribution in [0, 0.1) is 12.7 Å². The number of carbonyl (C=O) groups is 2. The Morgan fingerprint density at radius 3 is 2.57 bits per heavy atom. The van der Waals surface area contributed by atoms with E-state index in [1.807, 2.05) is 19.1 Å². The molecule has 0 fully saturated rings. The normalized spacial score (nSPS) is 15.2. The molecule has 2 N–H and O–H groups in total. The Kier molecular flexibility index (Phi) is 4.72. The van der Waals surface area contributed by atoms with Crippen molar-refractivity contribution >= 4 is 39.2 Å². The number of fused-ring (bicyclic) bond motifs is 1. The van der Waals surface area contributed by atoms with Crippen LogP contribution >= 0.6 is 15.9 Å². The Morgan fingerprint density at radius 2 is 1.89 bits per heavy atom. The number of rotatable bonds is 4. The second-order valence-corrected chi connectivity index (χ2v) is 7.44. The van der Waals surface area contributed by atoms with Gasteiger partial charge in [-0.15, -0.1) is 0 Å². The number of amides is 2. The Hall–Kier alpha value is -3.00. The standard InChI is InChI=1S/C20H16BrFN4O2/c1-11-18(12-2-6-14(22)7-3-12)19-24-20(28)16(26(19)25-11)10-17(27)23-15-8-4-13(21)5-9-15/h2-9,16H,10H2,1H3,(H,23,27)(H,24,28). The van der Waals surface area contributed by atoms with Crippen molar-refractivity contribution in [1.82, 2.24) is 9.78 Å². The van der Waals surface area contributed by atoms with Crippen LogP contribution in [-0.2, 0) is 9.59 Å². The summed E-state index contributed by atoms with van der Waals surface area (Å²) in [4.78, 5) is 24.9. The van der Waals surface area contributed by atoms with Gasteiger partial charge in [0.15, 0.2) is 0 Å². The highest BCUT2D eigenvalue weighted by molar-refractivity contribution is 9.10. The molecule has 8 heteroatoms. The third-order valence-electron chi connectivity index (χ3n) is 4.56. The SMILES string of the molecule is Cc1nn2c(c1-c1ccc(F)cc1)NC(=O)C2CC(=O)Nc1ccc(Br)cc1. The van der Waals surface area contributed by atoms with E-state index in [4.69, 9.17) is 0 Å². The number of aromatic nitrogens is 2. The van der Waals surface area contributed by atoms with Crippen LogP contribution in [0.4, 0.5) is 15.9 Å². The number of nitrogens with one attached hydrogen (secondary N) is 2. The fourth-order valence-electron chi connectivity index (χ4n) is 3.27. The quantitative estimate of drug-likeness (QED) is 0.632. The van der Waals surface area contributed by atoms with Gasteiger partial charge < -0.3 is 10.6 Å². The molecule has 1 aliphatic heterocycles. The van der Waals surface area contributed by atoms with Gasteiger partial charge in [-0.1, -0.05) is 28.1 Å². The van der Waals surface area contributed by atoms with Gasteiger partial charge >= 0.3 is 0 Å². The summed E-state index contributed by atoms with van der Waals surface area (Å²) in [6.45, 7) is 1.81. The van der Waals surface area contributed by atoms with Gasteiger partial charge in [0, 0.05) is 15.7 Å². The maximum atomic E-state index is 13.2. The monoisotopic (exact) mass is 442 g/mol. The smallest absolute Gasteiger partial charge is 0.251 e. The Labute approximate surface area is 168 Å². The van der Waals surface area contributed by atoms with Crippen molar-refractivity contribution in [2.45, 2.75) is 19.4 Å². The lowest BCUT2D eigenvalue weighted by atomic mass is 10.1. The van der Waals surface area contributed by atoms with Crippen LogP contribution in [0.3, 0.4) is 0 Å². The van der Waals surface area contributed by atoms with E-state index >= 15 is 0 Å². The van der Waals surface area contributed by atoms with Crippen molar-refractivity contribution in [3.05, 3.63) is 64.5 Å².